The maximum atomic E-state index is 14.8. The van der Waals surface area contributed by atoms with Crippen LogP contribution in [0, 0.1) is 5.82 Å². The first kappa shape index (κ1) is 21.5. The summed E-state index contributed by atoms with van der Waals surface area (Å²) in [6.07, 6.45) is 2.55. The number of morpholine rings is 1. The van der Waals surface area contributed by atoms with Crippen LogP contribution in [0.5, 0.6) is 0 Å². The molecule has 6 nitrogen and oxygen atoms in total. The minimum Gasteiger partial charge on any atom is -0.368 e. The zero-order valence-corrected chi connectivity index (χ0v) is 18.3. The maximum absolute atomic E-state index is 14.8. The predicted molar refractivity (Wildman–Crippen MR) is 122 cm³/mol. The lowest BCUT2D eigenvalue weighted by atomic mass is 9.77. The lowest BCUT2D eigenvalue weighted by molar-refractivity contribution is -0.145. The molecule has 0 spiro atoms. The van der Waals surface area contributed by atoms with E-state index >= 15 is 0 Å². The number of carbonyl (C=O) groups is 2. The fourth-order valence-electron chi connectivity index (χ4n) is 5.31. The Morgan fingerprint density at radius 2 is 1.82 bits per heavy atom. The second-order valence-corrected chi connectivity index (χ2v) is 8.86. The topological polar surface area (TPSA) is 85.5 Å². The molecule has 1 saturated heterocycles. The normalized spacial score (nSPS) is 20.2. The summed E-state index contributed by atoms with van der Waals surface area (Å²) < 4.78 is 20.7. The van der Waals surface area contributed by atoms with Crippen LogP contribution in [-0.2, 0) is 14.9 Å². The highest BCUT2D eigenvalue weighted by atomic mass is 19.1. The highest BCUT2D eigenvalue weighted by molar-refractivity contribution is 6.05. The van der Waals surface area contributed by atoms with E-state index in [-0.39, 0.29) is 11.7 Å². The number of benzene rings is 2. The maximum Gasteiger partial charge on any atom is 0.249 e. The van der Waals surface area contributed by atoms with Crippen LogP contribution in [0.15, 0.2) is 54.6 Å². The van der Waals surface area contributed by atoms with Gasteiger partial charge in [0.05, 0.1) is 35.3 Å². The SMILES string of the molecule is NC(=O)c1cc([C@@H]2CN(C(=O)C3(c4ccccc4F)CCCC3)CCO2)nc2ccccc12. The van der Waals surface area contributed by atoms with Crippen LogP contribution in [0.2, 0.25) is 0 Å². The Labute approximate surface area is 191 Å². The van der Waals surface area contributed by atoms with Gasteiger partial charge in [0, 0.05) is 17.5 Å². The molecule has 2 N–H and O–H groups in total. The summed E-state index contributed by atoms with van der Waals surface area (Å²) in [4.78, 5) is 32.4. The molecular formula is C26H26FN3O3. The monoisotopic (exact) mass is 447 g/mol. The number of fused-ring (bicyclic) bond motifs is 1. The molecule has 0 radical (unpaired) electrons. The predicted octanol–water partition coefficient (Wildman–Crippen LogP) is 3.88. The fraction of sp³-hybridized carbons (Fsp3) is 0.346. The molecule has 33 heavy (non-hydrogen) atoms. The molecule has 1 atom stereocenters. The Balaban J connectivity index is 1.47. The number of ether oxygens (including phenoxy) is 1. The Kier molecular flexibility index (Phi) is 5.58. The lowest BCUT2D eigenvalue weighted by Crippen LogP contribution is -2.51. The number of nitrogens with zero attached hydrogens (tertiary/aromatic N) is 2. The van der Waals surface area contributed by atoms with Crippen LogP contribution in [0.3, 0.4) is 0 Å². The van der Waals surface area contributed by atoms with Gasteiger partial charge in [0.25, 0.3) is 0 Å². The highest BCUT2D eigenvalue weighted by Gasteiger charge is 2.47. The number of primary amides is 1. The molecular weight excluding hydrogens is 421 g/mol. The first-order valence-electron chi connectivity index (χ1n) is 11.3. The van der Waals surface area contributed by atoms with Gasteiger partial charge in [0.2, 0.25) is 11.8 Å². The quantitative estimate of drug-likeness (QED) is 0.658. The van der Waals surface area contributed by atoms with Gasteiger partial charge in [-0.05, 0) is 31.0 Å². The minimum atomic E-state index is -0.845. The van der Waals surface area contributed by atoms with Crippen LogP contribution in [0.4, 0.5) is 4.39 Å². The van der Waals surface area contributed by atoms with Crippen molar-refractivity contribution in [3.8, 4) is 0 Å². The van der Waals surface area contributed by atoms with E-state index in [1.54, 1.807) is 29.2 Å². The summed E-state index contributed by atoms with van der Waals surface area (Å²) in [5.41, 5.74) is 6.85. The van der Waals surface area contributed by atoms with Crippen molar-refractivity contribution >= 4 is 22.7 Å². The minimum absolute atomic E-state index is 0.0608. The molecule has 2 fully saturated rings. The first-order valence-corrected chi connectivity index (χ1v) is 11.3. The molecule has 170 valence electrons. The van der Waals surface area contributed by atoms with Crippen molar-refractivity contribution in [2.45, 2.75) is 37.2 Å². The largest absolute Gasteiger partial charge is 0.368 e. The molecule has 5 rings (SSSR count). The number of rotatable bonds is 4. The van der Waals surface area contributed by atoms with Crippen LogP contribution in [-0.4, -0.2) is 41.4 Å². The summed E-state index contributed by atoms with van der Waals surface area (Å²) in [7, 11) is 0. The number of carbonyl (C=O) groups excluding carboxylic acids is 2. The number of pyridine rings is 1. The average molecular weight is 448 g/mol. The zero-order chi connectivity index (χ0) is 23.0. The van der Waals surface area contributed by atoms with Gasteiger partial charge in [0.15, 0.2) is 0 Å². The molecule has 2 heterocycles. The Morgan fingerprint density at radius 3 is 2.58 bits per heavy atom. The van der Waals surface area contributed by atoms with Crippen molar-refractivity contribution in [3.63, 3.8) is 0 Å². The summed E-state index contributed by atoms with van der Waals surface area (Å²) in [6.45, 7) is 1.06. The number of para-hydroxylation sites is 1. The van der Waals surface area contributed by atoms with Crippen molar-refractivity contribution in [2.24, 2.45) is 5.73 Å². The zero-order valence-electron chi connectivity index (χ0n) is 18.3. The number of hydrogen-bond donors (Lipinski definition) is 1. The molecule has 0 unspecified atom stereocenters. The van der Waals surface area contributed by atoms with Gasteiger partial charge in [-0.25, -0.2) is 9.37 Å². The lowest BCUT2D eigenvalue weighted by Gasteiger charge is -2.39. The van der Waals surface area contributed by atoms with E-state index in [1.807, 2.05) is 24.3 Å². The number of nitrogens with two attached hydrogens (primary N) is 1. The summed E-state index contributed by atoms with van der Waals surface area (Å²) in [5.74, 6) is -0.933. The van der Waals surface area contributed by atoms with E-state index in [4.69, 9.17) is 15.5 Å². The van der Waals surface area contributed by atoms with E-state index in [0.29, 0.717) is 60.3 Å². The molecule has 1 aromatic heterocycles. The molecule has 1 aliphatic heterocycles. The van der Waals surface area contributed by atoms with Crippen LogP contribution >= 0.6 is 0 Å². The van der Waals surface area contributed by atoms with E-state index in [1.165, 1.54) is 6.07 Å². The smallest absolute Gasteiger partial charge is 0.249 e. The van der Waals surface area contributed by atoms with Crippen LogP contribution < -0.4 is 5.73 Å². The van der Waals surface area contributed by atoms with Gasteiger partial charge < -0.3 is 15.4 Å². The standard InChI is InChI=1S/C26H26FN3O3/c27-20-9-3-2-8-19(20)26(11-5-6-12-26)25(32)30-13-14-33-23(16-30)22-15-18(24(28)31)17-7-1-4-10-21(17)29-22/h1-4,7-10,15,23H,5-6,11-14,16H2,(H2,28,31)/t23-/m0/s1. The molecule has 2 aromatic carbocycles. The van der Waals surface area contributed by atoms with Crippen molar-refractivity contribution in [1.29, 1.82) is 0 Å². The molecule has 1 aliphatic carbocycles. The average Bonchev–Trinajstić information content (AvgIpc) is 3.34. The summed E-state index contributed by atoms with van der Waals surface area (Å²) in [5, 5.41) is 0.682. The molecule has 1 saturated carbocycles. The van der Waals surface area contributed by atoms with E-state index < -0.39 is 17.4 Å². The number of halogens is 1. The van der Waals surface area contributed by atoms with Crippen molar-refractivity contribution in [3.05, 3.63) is 77.2 Å². The van der Waals surface area contributed by atoms with Crippen molar-refractivity contribution in [2.75, 3.05) is 19.7 Å². The molecule has 2 amide bonds. The third kappa shape index (κ3) is 3.76. The Bertz CT molecular complexity index is 1220. The second kappa shape index (κ2) is 8.56. The summed E-state index contributed by atoms with van der Waals surface area (Å²) in [6, 6.07) is 15.6. The van der Waals surface area contributed by atoms with Gasteiger partial charge in [-0.1, -0.05) is 49.2 Å². The van der Waals surface area contributed by atoms with E-state index in [2.05, 4.69) is 0 Å². The third-order valence-electron chi connectivity index (χ3n) is 6.94. The second-order valence-electron chi connectivity index (χ2n) is 8.86. The molecule has 3 aromatic rings. The van der Waals surface area contributed by atoms with Gasteiger partial charge in [-0.15, -0.1) is 0 Å². The third-order valence-corrected chi connectivity index (χ3v) is 6.94. The van der Waals surface area contributed by atoms with E-state index in [0.717, 1.165) is 12.8 Å². The summed E-state index contributed by atoms with van der Waals surface area (Å²) >= 11 is 0. The van der Waals surface area contributed by atoms with Gasteiger partial charge in [-0.2, -0.15) is 0 Å². The van der Waals surface area contributed by atoms with Crippen LogP contribution in [0.25, 0.3) is 10.9 Å². The Morgan fingerprint density at radius 1 is 1.09 bits per heavy atom. The van der Waals surface area contributed by atoms with Crippen molar-refractivity contribution < 1.29 is 18.7 Å². The Hall–Kier alpha value is -3.32. The first-order chi connectivity index (χ1) is 16.0. The number of aromatic nitrogens is 1. The molecule has 2 aliphatic rings. The van der Waals surface area contributed by atoms with E-state index in [9.17, 15) is 14.0 Å². The number of amides is 2. The van der Waals surface area contributed by atoms with Gasteiger partial charge in [0.1, 0.15) is 11.9 Å². The molecule has 7 heteroatoms. The van der Waals surface area contributed by atoms with Gasteiger partial charge in [-0.3, -0.25) is 9.59 Å². The van der Waals surface area contributed by atoms with Gasteiger partial charge >= 0.3 is 0 Å². The highest BCUT2D eigenvalue weighted by Crippen LogP contribution is 2.44. The van der Waals surface area contributed by atoms with Crippen LogP contribution in [0.1, 0.15) is 53.4 Å². The number of hydrogen-bond acceptors (Lipinski definition) is 4. The molecule has 0 bridgehead atoms. The van der Waals surface area contributed by atoms with Crippen molar-refractivity contribution in [1.82, 2.24) is 9.88 Å². The fourth-order valence-corrected chi connectivity index (χ4v) is 5.31.